The largest absolute Gasteiger partial charge is 0.254 e. The third kappa shape index (κ3) is 4.06. The summed E-state index contributed by atoms with van der Waals surface area (Å²) in [4.78, 5) is 10.0. The van der Waals surface area contributed by atoms with E-state index in [4.69, 9.17) is 9.97 Å². The van der Waals surface area contributed by atoms with Gasteiger partial charge < -0.3 is 0 Å². The number of fused-ring (bicyclic) bond motifs is 6. The van der Waals surface area contributed by atoms with Crippen molar-refractivity contribution in [2.45, 2.75) is 5.41 Å². The lowest BCUT2D eigenvalue weighted by atomic mass is 9.67. The summed E-state index contributed by atoms with van der Waals surface area (Å²) in [6.45, 7) is 0. The predicted molar refractivity (Wildman–Crippen MR) is 190 cm³/mol. The monoisotopic (exact) mass is 597 g/mol. The fourth-order valence-electron chi connectivity index (χ4n) is 7.57. The molecule has 2 aromatic heterocycles. The molecule has 2 heterocycles. The number of benzene rings is 6. The second-order valence-electron chi connectivity index (χ2n) is 12.1. The molecule has 0 bridgehead atoms. The van der Waals surface area contributed by atoms with E-state index >= 15 is 0 Å². The van der Waals surface area contributed by atoms with Gasteiger partial charge in [0.1, 0.15) is 0 Å². The molecule has 0 amide bonds. The fourth-order valence-corrected chi connectivity index (χ4v) is 7.57. The summed E-state index contributed by atoms with van der Waals surface area (Å²) in [7, 11) is 0. The van der Waals surface area contributed by atoms with Crippen molar-refractivity contribution in [1.82, 2.24) is 9.97 Å². The summed E-state index contributed by atoms with van der Waals surface area (Å²) in [6.07, 6.45) is 1.83. The van der Waals surface area contributed by atoms with Gasteiger partial charge >= 0.3 is 0 Å². The number of nitriles is 1. The molecule has 6 aromatic carbocycles. The highest BCUT2D eigenvalue weighted by molar-refractivity contribution is 6.04. The standard InChI is InChI=1S/C44H27N3/c45-28-29-11-9-12-32(25-29)36-27-40-37(26-38(36)41-23-22-31-21-20-30-13-10-24-46-42(30)43(31)47-41)35-18-7-8-19-39(35)44(40,33-14-3-1-4-15-33)34-16-5-2-6-17-34/h1-27H. The molecule has 0 unspecified atom stereocenters. The Morgan fingerprint density at radius 3 is 1.96 bits per heavy atom. The van der Waals surface area contributed by atoms with Crippen LogP contribution in [0.4, 0.5) is 0 Å². The van der Waals surface area contributed by atoms with Gasteiger partial charge in [-0.15, -0.1) is 0 Å². The van der Waals surface area contributed by atoms with Crippen molar-refractivity contribution in [3.63, 3.8) is 0 Å². The number of hydrogen-bond acceptors (Lipinski definition) is 3. The predicted octanol–water partition coefficient (Wildman–Crippen LogP) is 10.4. The fraction of sp³-hybridized carbons (Fsp3) is 0.0227. The topological polar surface area (TPSA) is 49.6 Å². The highest BCUT2D eigenvalue weighted by Crippen LogP contribution is 2.57. The quantitative estimate of drug-likeness (QED) is 0.190. The number of hydrogen-bond donors (Lipinski definition) is 0. The van der Waals surface area contributed by atoms with E-state index in [1.165, 1.54) is 33.4 Å². The van der Waals surface area contributed by atoms with Gasteiger partial charge in [-0.25, -0.2) is 4.98 Å². The molecule has 3 heteroatoms. The van der Waals surface area contributed by atoms with Crippen molar-refractivity contribution in [2.75, 3.05) is 0 Å². The lowest BCUT2D eigenvalue weighted by Gasteiger charge is -2.34. The lowest BCUT2D eigenvalue weighted by molar-refractivity contribution is 0.769. The van der Waals surface area contributed by atoms with Crippen molar-refractivity contribution >= 4 is 21.8 Å². The zero-order valence-corrected chi connectivity index (χ0v) is 25.4. The lowest BCUT2D eigenvalue weighted by Crippen LogP contribution is -2.28. The Bertz CT molecular complexity index is 2490. The van der Waals surface area contributed by atoms with Gasteiger partial charge in [0.15, 0.2) is 0 Å². The maximum absolute atomic E-state index is 9.90. The minimum Gasteiger partial charge on any atom is -0.254 e. The van der Waals surface area contributed by atoms with Crippen molar-refractivity contribution < 1.29 is 0 Å². The molecule has 0 N–H and O–H groups in total. The van der Waals surface area contributed by atoms with Crippen LogP contribution in [0.1, 0.15) is 27.8 Å². The molecule has 1 aliphatic rings. The molecule has 1 aliphatic carbocycles. The Morgan fingerprint density at radius 2 is 1.19 bits per heavy atom. The van der Waals surface area contributed by atoms with E-state index in [0.717, 1.165) is 44.2 Å². The molecule has 47 heavy (non-hydrogen) atoms. The summed E-state index contributed by atoms with van der Waals surface area (Å²) < 4.78 is 0. The Hall–Kier alpha value is -6.37. The van der Waals surface area contributed by atoms with Crippen LogP contribution in [-0.4, -0.2) is 9.97 Å². The number of aromatic nitrogens is 2. The molecule has 0 saturated heterocycles. The van der Waals surface area contributed by atoms with E-state index in [1.54, 1.807) is 0 Å². The molecule has 0 radical (unpaired) electrons. The molecule has 9 rings (SSSR count). The molecule has 8 aromatic rings. The van der Waals surface area contributed by atoms with Crippen LogP contribution < -0.4 is 0 Å². The van der Waals surface area contributed by atoms with Crippen molar-refractivity contribution in [2.24, 2.45) is 0 Å². The van der Waals surface area contributed by atoms with Crippen LogP contribution >= 0.6 is 0 Å². The maximum atomic E-state index is 9.90. The van der Waals surface area contributed by atoms with Gasteiger partial charge in [-0.05, 0) is 80.9 Å². The first-order valence-corrected chi connectivity index (χ1v) is 15.8. The third-order valence-electron chi connectivity index (χ3n) is 9.61. The van der Waals surface area contributed by atoms with Crippen LogP contribution in [0.2, 0.25) is 0 Å². The summed E-state index contributed by atoms with van der Waals surface area (Å²) in [5, 5.41) is 12.0. The number of nitrogens with zero attached hydrogens (tertiary/aromatic N) is 3. The van der Waals surface area contributed by atoms with E-state index in [1.807, 2.05) is 30.5 Å². The van der Waals surface area contributed by atoms with Crippen LogP contribution in [0.15, 0.2) is 164 Å². The molecule has 0 spiro atoms. The Kier molecular flexibility index (Phi) is 6.10. The normalized spacial score (nSPS) is 12.8. The summed E-state index contributed by atoms with van der Waals surface area (Å²) >= 11 is 0. The zero-order chi connectivity index (χ0) is 31.4. The van der Waals surface area contributed by atoms with Crippen LogP contribution in [0.25, 0.3) is 55.3 Å². The molecular formula is C44H27N3. The molecule has 218 valence electrons. The maximum Gasteiger partial charge on any atom is 0.0991 e. The van der Waals surface area contributed by atoms with Gasteiger partial charge in [0, 0.05) is 22.5 Å². The van der Waals surface area contributed by atoms with Gasteiger partial charge in [0.05, 0.1) is 33.8 Å². The first kappa shape index (κ1) is 27.0. The first-order chi connectivity index (χ1) is 23.3. The van der Waals surface area contributed by atoms with Crippen molar-refractivity contribution in [3.05, 3.63) is 192 Å². The van der Waals surface area contributed by atoms with Crippen LogP contribution in [-0.2, 0) is 5.41 Å². The van der Waals surface area contributed by atoms with Gasteiger partial charge in [-0.2, -0.15) is 5.26 Å². The SMILES string of the molecule is N#Cc1cccc(-c2cc3c(cc2-c2ccc4ccc5cccnc5c4n2)-c2ccccc2C3(c2ccccc2)c2ccccc2)c1. The number of rotatable bonds is 4. The van der Waals surface area contributed by atoms with E-state index in [0.29, 0.717) is 5.56 Å². The number of pyridine rings is 2. The van der Waals surface area contributed by atoms with Gasteiger partial charge in [-0.3, -0.25) is 4.98 Å². The Balaban J connectivity index is 1.41. The Labute approximate surface area is 273 Å². The summed E-state index contributed by atoms with van der Waals surface area (Å²) in [5.74, 6) is 0. The van der Waals surface area contributed by atoms with Crippen LogP contribution in [0.3, 0.4) is 0 Å². The average molecular weight is 598 g/mol. The molecule has 0 atom stereocenters. The first-order valence-electron chi connectivity index (χ1n) is 15.8. The van der Waals surface area contributed by atoms with Crippen LogP contribution in [0, 0.1) is 11.3 Å². The second kappa shape index (κ2) is 10.6. The van der Waals surface area contributed by atoms with E-state index < -0.39 is 5.41 Å². The zero-order valence-electron chi connectivity index (χ0n) is 25.4. The minimum atomic E-state index is -0.536. The second-order valence-corrected chi connectivity index (χ2v) is 12.1. The van der Waals surface area contributed by atoms with Gasteiger partial charge in [-0.1, -0.05) is 121 Å². The molecule has 0 fully saturated rings. The highest BCUT2D eigenvalue weighted by atomic mass is 14.8. The molecule has 3 nitrogen and oxygen atoms in total. The van der Waals surface area contributed by atoms with Crippen molar-refractivity contribution in [3.8, 4) is 39.6 Å². The summed E-state index contributed by atoms with van der Waals surface area (Å²) in [5.41, 5.74) is 13.0. The smallest absolute Gasteiger partial charge is 0.0991 e. The minimum absolute atomic E-state index is 0.536. The summed E-state index contributed by atoms with van der Waals surface area (Å²) in [6, 6.07) is 57.9. The molecular weight excluding hydrogens is 571 g/mol. The highest BCUT2D eigenvalue weighted by Gasteiger charge is 2.46. The average Bonchev–Trinajstić information content (AvgIpc) is 3.45. The third-order valence-corrected chi connectivity index (χ3v) is 9.61. The Morgan fingerprint density at radius 1 is 0.489 bits per heavy atom. The molecule has 0 saturated carbocycles. The van der Waals surface area contributed by atoms with E-state index in [-0.39, 0.29) is 0 Å². The van der Waals surface area contributed by atoms with E-state index in [9.17, 15) is 5.26 Å². The van der Waals surface area contributed by atoms with E-state index in [2.05, 4.69) is 140 Å². The van der Waals surface area contributed by atoms with Gasteiger partial charge in [0.25, 0.3) is 0 Å². The molecule has 0 aliphatic heterocycles. The van der Waals surface area contributed by atoms with Crippen molar-refractivity contribution in [1.29, 1.82) is 5.26 Å². The van der Waals surface area contributed by atoms with Gasteiger partial charge in [0.2, 0.25) is 0 Å². The van der Waals surface area contributed by atoms with Crippen LogP contribution in [0.5, 0.6) is 0 Å².